The lowest BCUT2D eigenvalue weighted by atomic mass is 9.71. The van der Waals surface area contributed by atoms with E-state index in [0.29, 0.717) is 5.92 Å². The fourth-order valence-electron chi connectivity index (χ4n) is 5.83. The van der Waals surface area contributed by atoms with Crippen molar-refractivity contribution in [3.05, 3.63) is 83.6 Å². The molecule has 5 atom stereocenters. The second kappa shape index (κ2) is 9.28. The molecule has 2 amide bonds. The largest absolute Gasteiger partial charge is 0.337 e. The van der Waals surface area contributed by atoms with E-state index in [2.05, 4.69) is 76.8 Å². The van der Waals surface area contributed by atoms with Crippen molar-refractivity contribution in [3.8, 4) is 0 Å². The number of nitrogens with one attached hydrogen (secondary N) is 3. The molecule has 3 fully saturated rings. The Labute approximate surface area is 207 Å². The van der Waals surface area contributed by atoms with Crippen molar-refractivity contribution in [2.75, 3.05) is 0 Å². The maximum absolute atomic E-state index is 12.1. The van der Waals surface area contributed by atoms with E-state index in [0.717, 1.165) is 19.3 Å². The van der Waals surface area contributed by atoms with Gasteiger partial charge in [-0.3, -0.25) is 10.3 Å². The van der Waals surface area contributed by atoms with Crippen LogP contribution in [0.25, 0.3) is 0 Å². The lowest BCUT2D eigenvalue weighted by molar-refractivity contribution is 0.125. The van der Waals surface area contributed by atoms with Gasteiger partial charge in [0, 0.05) is 35.7 Å². The number of nitrogens with zero attached hydrogens (tertiary/aromatic N) is 1. The van der Waals surface area contributed by atoms with Crippen LogP contribution in [0.15, 0.2) is 66.9 Å². The molecule has 0 spiro atoms. The highest BCUT2D eigenvalue weighted by Gasteiger charge is 2.47. The molecule has 5 N–H and O–H groups in total. The number of hydrogen-bond acceptors (Lipinski definition) is 4. The molecule has 6 nitrogen and oxygen atoms in total. The van der Waals surface area contributed by atoms with E-state index in [1.807, 2.05) is 6.20 Å². The van der Waals surface area contributed by atoms with Gasteiger partial charge >= 0.3 is 6.03 Å². The average Bonchev–Trinajstić information content (AvgIpc) is 3.18. The van der Waals surface area contributed by atoms with Crippen LogP contribution in [-0.2, 0) is 5.54 Å². The van der Waals surface area contributed by atoms with Gasteiger partial charge in [0.05, 0.1) is 0 Å². The first-order chi connectivity index (χ1) is 15.1. The van der Waals surface area contributed by atoms with Crippen LogP contribution in [0.5, 0.6) is 0 Å². The molecule has 3 heterocycles. The van der Waals surface area contributed by atoms with Gasteiger partial charge in [0.25, 0.3) is 0 Å². The molecule has 4 aliphatic rings. The summed E-state index contributed by atoms with van der Waals surface area (Å²) in [6.45, 7) is 0. The molecular weight excluding hydrogens is 457 g/mol. The number of nitrogens with two attached hydrogens (primary N) is 1. The van der Waals surface area contributed by atoms with E-state index in [1.54, 1.807) is 4.90 Å². The summed E-state index contributed by atoms with van der Waals surface area (Å²) in [5, 5.41) is 3.91. The number of fused-ring (bicyclic) bond motifs is 3. The number of carbonyl (C=O) groups is 1. The van der Waals surface area contributed by atoms with Gasteiger partial charge in [-0.15, -0.1) is 24.8 Å². The zero-order valence-electron chi connectivity index (χ0n) is 18.3. The molecule has 0 radical (unpaired) electrons. The number of urea groups is 1. The number of hydrazine groups is 1. The summed E-state index contributed by atoms with van der Waals surface area (Å²) in [7, 11) is 0. The maximum atomic E-state index is 12.1. The topological polar surface area (TPSA) is 82.4 Å². The van der Waals surface area contributed by atoms with Crippen molar-refractivity contribution >= 4 is 30.8 Å². The first-order valence-corrected chi connectivity index (χ1v) is 11.3. The summed E-state index contributed by atoms with van der Waals surface area (Å²) in [6, 6.07) is 20.0. The molecule has 2 aromatic rings. The Bertz CT molecular complexity index is 1010. The molecule has 8 heteroatoms. The predicted molar refractivity (Wildman–Crippen MR) is 134 cm³/mol. The van der Waals surface area contributed by atoms with Gasteiger partial charge in [0.1, 0.15) is 6.17 Å². The average molecular weight is 488 g/mol. The third-order valence-electron chi connectivity index (χ3n) is 7.80. The van der Waals surface area contributed by atoms with Gasteiger partial charge in [0.15, 0.2) is 0 Å². The zero-order chi connectivity index (χ0) is 21.0. The Morgan fingerprint density at radius 3 is 2.36 bits per heavy atom. The molecule has 176 valence electrons. The van der Waals surface area contributed by atoms with Crippen molar-refractivity contribution in [2.24, 2.45) is 11.7 Å². The van der Waals surface area contributed by atoms with Gasteiger partial charge in [-0.25, -0.2) is 10.2 Å². The Hall–Kier alpha value is -2.09. The maximum Gasteiger partial charge on any atom is 0.337 e. The number of carbonyl (C=O) groups excluding carboxylic acids is 1. The van der Waals surface area contributed by atoms with E-state index >= 15 is 0 Å². The van der Waals surface area contributed by atoms with Crippen LogP contribution in [0.2, 0.25) is 0 Å². The number of piperidine rings is 1. The minimum atomic E-state index is -0.133. The van der Waals surface area contributed by atoms with Crippen LogP contribution in [0, 0.1) is 5.92 Å². The van der Waals surface area contributed by atoms with Crippen molar-refractivity contribution in [2.45, 2.75) is 55.4 Å². The molecule has 3 aliphatic heterocycles. The minimum absolute atomic E-state index is 0. The van der Waals surface area contributed by atoms with Gasteiger partial charge in [-0.1, -0.05) is 60.7 Å². The highest BCUT2D eigenvalue weighted by atomic mass is 35.5. The van der Waals surface area contributed by atoms with E-state index < -0.39 is 0 Å². The fourth-order valence-corrected chi connectivity index (χ4v) is 5.83. The smallest absolute Gasteiger partial charge is 0.321 e. The molecule has 5 unspecified atom stereocenters. The van der Waals surface area contributed by atoms with Crippen molar-refractivity contribution in [1.82, 2.24) is 21.1 Å². The van der Waals surface area contributed by atoms with Crippen molar-refractivity contribution in [1.29, 1.82) is 0 Å². The lowest BCUT2D eigenvalue weighted by Crippen LogP contribution is -2.57. The molecule has 1 aliphatic carbocycles. The standard InChI is InChI=1S/C25H29N5O.2ClH/c26-25(12-4-13-25)18-9-7-17(8-10-18)22-19(16-5-2-1-3-6-16)15-20-21(27-22)11-14-30-23(20)28-29-24(30)31;;/h1-3,5-11,14,19-23,27-28H,4,12-13,15,26H2,(H,29,31);2*1H. The lowest BCUT2D eigenvalue weighted by Gasteiger charge is -2.47. The SMILES string of the molecule is Cl.Cl.NC1(c2ccc(C3NC4C=CN5C(=O)NNC5C4CC3c3ccccc3)cc2)CCC1. The van der Waals surface area contributed by atoms with Gasteiger partial charge in [0.2, 0.25) is 0 Å². The number of amides is 2. The summed E-state index contributed by atoms with van der Waals surface area (Å²) in [5.41, 5.74) is 16.3. The predicted octanol–water partition coefficient (Wildman–Crippen LogP) is 4.05. The molecule has 2 aromatic carbocycles. The summed E-state index contributed by atoms with van der Waals surface area (Å²) in [4.78, 5) is 13.9. The summed E-state index contributed by atoms with van der Waals surface area (Å²) in [5.74, 6) is 0.599. The summed E-state index contributed by atoms with van der Waals surface area (Å²) >= 11 is 0. The van der Waals surface area contributed by atoms with Crippen LogP contribution in [0.4, 0.5) is 4.79 Å². The number of benzene rings is 2. The first-order valence-electron chi connectivity index (χ1n) is 11.3. The molecule has 33 heavy (non-hydrogen) atoms. The fraction of sp³-hybridized carbons (Fsp3) is 0.400. The van der Waals surface area contributed by atoms with Crippen LogP contribution in [0.1, 0.15) is 54.3 Å². The molecule has 1 saturated carbocycles. The minimum Gasteiger partial charge on any atom is -0.321 e. The third-order valence-corrected chi connectivity index (χ3v) is 7.80. The van der Waals surface area contributed by atoms with E-state index in [9.17, 15) is 4.79 Å². The normalized spacial score (nSPS) is 31.2. The Kier molecular flexibility index (Phi) is 6.76. The number of halogens is 2. The van der Waals surface area contributed by atoms with Crippen molar-refractivity contribution < 1.29 is 4.79 Å². The second-order valence-electron chi connectivity index (χ2n) is 9.49. The van der Waals surface area contributed by atoms with E-state index in [4.69, 9.17) is 5.73 Å². The quantitative estimate of drug-likeness (QED) is 0.526. The van der Waals surface area contributed by atoms with Crippen LogP contribution in [-0.4, -0.2) is 23.1 Å². The Morgan fingerprint density at radius 1 is 0.970 bits per heavy atom. The summed E-state index contributed by atoms with van der Waals surface area (Å²) < 4.78 is 0. The number of rotatable bonds is 3. The van der Waals surface area contributed by atoms with Gasteiger partial charge in [-0.05, 0) is 42.4 Å². The number of hydrogen-bond donors (Lipinski definition) is 4. The summed E-state index contributed by atoms with van der Waals surface area (Å²) in [6.07, 6.45) is 8.38. The molecule has 2 saturated heterocycles. The monoisotopic (exact) mass is 487 g/mol. The van der Waals surface area contributed by atoms with Crippen LogP contribution >= 0.6 is 24.8 Å². The first kappa shape index (κ1) is 24.0. The molecule has 0 bridgehead atoms. The Balaban J connectivity index is 0.00000130. The van der Waals surface area contributed by atoms with E-state index in [-0.39, 0.29) is 60.6 Å². The molecular formula is C25H31Cl2N5O. The molecule has 0 aromatic heterocycles. The highest BCUT2D eigenvalue weighted by Crippen LogP contribution is 2.45. The van der Waals surface area contributed by atoms with Gasteiger partial charge in [-0.2, -0.15) is 0 Å². The molecule has 6 rings (SSSR count). The van der Waals surface area contributed by atoms with Crippen LogP contribution in [0.3, 0.4) is 0 Å². The van der Waals surface area contributed by atoms with Crippen LogP contribution < -0.4 is 21.9 Å². The Morgan fingerprint density at radius 2 is 1.70 bits per heavy atom. The second-order valence-corrected chi connectivity index (χ2v) is 9.49. The zero-order valence-corrected chi connectivity index (χ0v) is 19.9. The van der Waals surface area contributed by atoms with E-state index in [1.165, 1.54) is 23.1 Å². The highest BCUT2D eigenvalue weighted by molar-refractivity contribution is 5.85. The van der Waals surface area contributed by atoms with Gasteiger partial charge < -0.3 is 11.1 Å². The third kappa shape index (κ3) is 4.04. The van der Waals surface area contributed by atoms with Crippen molar-refractivity contribution in [3.63, 3.8) is 0 Å².